The van der Waals surface area contributed by atoms with Crippen molar-refractivity contribution in [3.8, 4) is 17.6 Å². The van der Waals surface area contributed by atoms with Gasteiger partial charge in [0.2, 0.25) is 0 Å². The van der Waals surface area contributed by atoms with Crippen LogP contribution in [0.5, 0.6) is 5.75 Å². The van der Waals surface area contributed by atoms with Crippen LogP contribution < -0.4 is 4.74 Å². The van der Waals surface area contributed by atoms with Crippen molar-refractivity contribution in [2.75, 3.05) is 26.2 Å². The van der Waals surface area contributed by atoms with Crippen LogP contribution in [0.15, 0.2) is 36.4 Å². The summed E-state index contributed by atoms with van der Waals surface area (Å²) in [6.07, 6.45) is 0.0501. The van der Waals surface area contributed by atoms with Crippen molar-refractivity contribution in [2.24, 2.45) is 0 Å². The summed E-state index contributed by atoms with van der Waals surface area (Å²) in [6.45, 7) is 4.54. The van der Waals surface area contributed by atoms with Gasteiger partial charge in [-0.1, -0.05) is 41.3 Å². The molecule has 0 saturated carbocycles. The lowest BCUT2D eigenvalue weighted by atomic mass is 10.1. The summed E-state index contributed by atoms with van der Waals surface area (Å²) in [6, 6.07) is 11.2. The van der Waals surface area contributed by atoms with E-state index in [0.29, 0.717) is 41.1 Å². The van der Waals surface area contributed by atoms with Gasteiger partial charge in [-0.25, -0.2) is 0 Å². The second-order valence-corrected chi connectivity index (χ2v) is 7.77. The SMILES string of the molecule is CC#Cc1cc(Cl)c(COc2ccc(C3CN(CCC(=O)O)CCO3)cc2)c(Cl)c1. The van der Waals surface area contributed by atoms with Crippen LogP contribution in [0.25, 0.3) is 0 Å². The van der Waals surface area contributed by atoms with Crippen molar-refractivity contribution in [1.29, 1.82) is 0 Å². The number of carbonyl (C=O) groups is 1. The zero-order valence-corrected chi connectivity index (χ0v) is 18.2. The average Bonchev–Trinajstić information content (AvgIpc) is 2.72. The molecule has 1 unspecified atom stereocenters. The minimum atomic E-state index is -0.785. The van der Waals surface area contributed by atoms with E-state index < -0.39 is 5.97 Å². The molecule has 3 rings (SSSR count). The topological polar surface area (TPSA) is 59.0 Å². The molecular formula is C23H23Cl2NO4. The Labute approximate surface area is 186 Å². The average molecular weight is 448 g/mol. The fourth-order valence-corrected chi connectivity index (χ4v) is 3.85. The number of rotatable bonds is 7. The van der Waals surface area contributed by atoms with Crippen molar-refractivity contribution in [2.45, 2.75) is 26.1 Å². The maximum Gasteiger partial charge on any atom is 0.304 e. The molecule has 1 atom stereocenters. The zero-order valence-electron chi connectivity index (χ0n) is 16.7. The summed E-state index contributed by atoms with van der Waals surface area (Å²) < 4.78 is 11.7. The van der Waals surface area contributed by atoms with E-state index in [1.165, 1.54) is 0 Å². The van der Waals surface area contributed by atoms with Gasteiger partial charge in [-0.3, -0.25) is 9.69 Å². The van der Waals surface area contributed by atoms with E-state index in [4.69, 9.17) is 37.8 Å². The normalized spacial score (nSPS) is 16.6. The van der Waals surface area contributed by atoms with Gasteiger partial charge in [0, 0.05) is 40.8 Å². The summed E-state index contributed by atoms with van der Waals surface area (Å²) in [5.74, 6) is 5.68. The van der Waals surface area contributed by atoms with E-state index in [0.717, 1.165) is 17.7 Å². The maximum atomic E-state index is 10.8. The first kappa shape index (κ1) is 22.5. The molecule has 2 aromatic carbocycles. The van der Waals surface area contributed by atoms with Gasteiger partial charge in [0.15, 0.2) is 0 Å². The fraction of sp³-hybridized carbons (Fsp3) is 0.348. The summed E-state index contributed by atoms with van der Waals surface area (Å²) in [5, 5.41) is 9.91. The molecule has 1 fully saturated rings. The summed E-state index contributed by atoms with van der Waals surface area (Å²) in [5.41, 5.74) is 2.51. The first-order chi connectivity index (χ1) is 14.5. The molecule has 7 heteroatoms. The van der Waals surface area contributed by atoms with Gasteiger partial charge < -0.3 is 14.6 Å². The Hall–Kier alpha value is -2.23. The van der Waals surface area contributed by atoms with Gasteiger partial charge in [-0.15, -0.1) is 5.92 Å². The van der Waals surface area contributed by atoms with E-state index >= 15 is 0 Å². The predicted molar refractivity (Wildman–Crippen MR) is 117 cm³/mol. The number of carboxylic acid groups (broad SMARTS) is 1. The lowest BCUT2D eigenvalue weighted by Crippen LogP contribution is -2.39. The number of carboxylic acids is 1. The number of morpholine rings is 1. The molecule has 30 heavy (non-hydrogen) atoms. The molecule has 1 saturated heterocycles. The molecule has 1 aliphatic heterocycles. The Morgan fingerprint density at radius 1 is 1.27 bits per heavy atom. The smallest absolute Gasteiger partial charge is 0.304 e. The molecule has 0 spiro atoms. The number of ether oxygens (including phenoxy) is 2. The molecule has 1 N–H and O–H groups in total. The molecule has 0 bridgehead atoms. The number of benzene rings is 2. The third-order valence-electron chi connectivity index (χ3n) is 4.84. The van der Waals surface area contributed by atoms with Crippen LogP contribution >= 0.6 is 23.2 Å². The molecule has 1 heterocycles. The first-order valence-electron chi connectivity index (χ1n) is 9.65. The molecule has 0 radical (unpaired) electrons. The van der Waals surface area contributed by atoms with Crippen molar-refractivity contribution in [1.82, 2.24) is 4.90 Å². The highest BCUT2D eigenvalue weighted by molar-refractivity contribution is 6.36. The van der Waals surface area contributed by atoms with Crippen LogP contribution in [0.2, 0.25) is 10.0 Å². The number of halogens is 2. The third kappa shape index (κ3) is 6.13. The van der Waals surface area contributed by atoms with Gasteiger partial charge in [-0.05, 0) is 36.8 Å². The Morgan fingerprint density at radius 2 is 1.97 bits per heavy atom. The Morgan fingerprint density at radius 3 is 2.60 bits per heavy atom. The number of hydrogen-bond acceptors (Lipinski definition) is 4. The van der Waals surface area contributed by atoms with Crippen LogP contribution in [0.4, 0.5) is 0 Å². The number of hydrogen-bond donors (Lipinski definition) is 1. The Bertz CT molecular complexity index is 927. The van der Waals surface area contributed by atoms with Crippen LogP contribution in [-0.2, 0) is 16.1 Å². The van der Waals surface area contributed by atoms with Crippen LogP contribution in [0.1, 0.15) is 36.1 Å². The standard InChI is InChI=1S/C23H23Cl2NO4/c1-2-3-16-12-20(24)19(21(25)13-16)15-30-18-6-4-17(5-7-18)22-14-26(10-11-29-22)9-8-23(27)28/h4-7,12-13,22H,8-11,14-15H2,1H3,(H,27,28). The highest BCUT2D eigenvalue weighted by atomic mass is 35.5. The minimum absolute atomic E-state index is 0.0855. The van der Waals surface area contributed by atoms with E-state index in [9.17, 15) is 4.79 Å². The molecule has 1 aliphatic rings. The van der Waals surface area contributed by atoms with Gasteiger partial charge >= 0.3 is 5.97 Å². The monoisotopic (exact) mass is 447 g/mol. The Kier molecular flexibility index (Phi) is 8.01. The second-order valence-electron chi connectivity index (χ2n) is 6.95. The summed E-state index contributed by atoms with van der Waals surface area (Å²) >= 11 is 12.7. The summed E-state index contributed by atoms with van der Waals surface area (Å²) in [4.78, 5) is 12.9. The molecule has 0 aromatic heterocycles. The van der Waals surface area contributed by atoms with E-state index in [-0.39, 0.29) is 19.1 Å². The minimum Gasteiger partial charge on any atom is -0.489 e. The first-order valence-corrected chi connectivity index (χ1v) is 10.4. The largest absolute Gasteiger partial charge is 0.489 e. The number of nitrogens with zero attached hydrogens (tertiary/aromatic N) is 1. The van der Waals surface area contributed by atoms with Crippen molar-refractivity contribution in [3.05, 3.63) is 63.1 Å². The van der Waals surface area contributed by atoms with Crippen molar-refractivity contribution >= 4 is 29.2 Å². The van der Waals surface area contributed by atoms with Gasteiger partial charge in [0.1, 0.15) is 12.4 Å². The lowest BCUT2D eigenvalue weighted by Gasteiger charge is -2.32. The zero-order chi connectivity index (χ0) is 21.5. The van der Waals surface area contributed by atoms with Gasteiger partial charge in [0.25, 0.3) is 0 Å². The van der Waals surface area contributed by atoms with Crippen molar-refractivity contribution < 1.29 is 19.4 Å². The highest BCUT2D eigenvalue weighted by Crippen LogP contribution is 2.29. The molecule has 158 valence electrons. The molecule has 0 amide bonds. The lowest BCUT2D eigenvalue weighted by molar-refractivity contribution is -0.137. The molecule has 2 aromatic rings. The molecule has 0 aliphatic carbocycles. The van der Waals surface area contributed by atoms with Gasteiger partial charge in [0.05, 0.1) is 19.1 Å². The van der Waals surface area contributed by atoms with E-state index in [1.807, 2.05) is 24.3 Å². The van der Waals surface area contributed by atoms with Crippen LogP contribution in [0.3, 0.4) is 0 Å². The van der Waals surface area contributed by atoms with Crippen molar-refractivity contribution in [3.63, 3.8) is 0 Å². The maximum absolute atomic E-state index is 10.8. The predicted octanol–water partition coefficient (Wildman–Crippen LogP) is 4.79. The fourth-order valence-electron chi connectivity index (χ4n) is 3.25. The second kappa shape index (κ2) is 10.7. The third-order valence-corrected chi connectivity index (χ3v) is 5.51. The quantitative estimate of drug-likeness (QED) is 0.618. The van der Waals surface area contributed by atoms with Crippen LogP contribution in [-0.4, -0.2) is 42.2 Å². The highest BCUT2D eigenvalue weighted by Gasteiger charge is 2.22. The number of aliphatic carboxylic acids is 1. The molecular weight excluding hydrogens is 425 g/mol. The summed E-state index contributed by atoms with van der Waals surface area (Å²) in [7, 11) is 0. The van der Waals surface area contributed by atoms with E-state index in [1.54, 1.807) is 19.1 Å². The van der Waals surface area contributed by atoms with E-state index in [2.05, 4.69) is 16.7 Å². The van der Waals surface area contributed by atoms with Crippen LogP contribution in [0, 0.1) is 11.8 Å². The molecule has 5 nitrogen and oxygen atoms in total. The van der Waals surface area contributed by atoms with Gasteiger partial charge in [-0.2, -0.15) is 0 Å². The Balaban J connectivity index is 1.60.